The first kappa shape index (κ1) is 6.53. The number of hydrogen-bond acceptors (Lipinski definition) is 0. The van der Waals surface area contributed by atoms with Gasteiger partial charge in [-0.1, -0.05) is 17.6 Å². The third-order valence-corrected chi connectivity index (χ3v) is 2.04. The first-order chi connectivity index (χ1) is 5.27. The molecule has 0 unspecified atom stereocenters. The summed E-state index contributed by atoms with van der Waals surface area (Å²) in [6, 6.07) is 8.64. The van der Waals surface area contributed by atoms with E-state index in [1.54, 1.807) is 0 Å². The molecule has 0 saturated carbocycles. The van der Waals surface area contributed by atoms with Crippen LogP contribution in [0.5, 0.6) is 0 Å². The number of aryl methyl sites for hydroxylation is 1. The van der Waals surface area contributed by atoms with E-state index in [4.69, 9.17) is 0 Å². The Bertz CT molecular complexity index is 389. The lowest BCUT2D eigenvalue weighted by atomic mass is 9.95. The number of nitrogens with zero attached hydrogens (tertiary/aromatic N) is 1. The average Bonchev–Trinajstić information content (AvgIpc) is 2.33. The van der Waals surface area contributed by atoms with Crippen molar-refractivity contribution in [3.8, 4) is 0 Å². The molecule has 11 heavy (non-hydrogen) atoms. The topological polar surface area (TPSA) is 4.93 Å². The molecule has 0 aliphatic carbocycles. The molecule has 0 amide bonds. The van der Waals surface area contributed by atoms with E-state index in [-0.39, 0.29) is 0 Å². The Kier molecular flexibility index (Phi) is 1.28. The van der Waals surface area contributed by atoms with Gasteiger partial charge in [0.25, 0.3) is 0 Å². The van der Waals surface area contributed by atoms with E-state index in [9.17, 15) is 0 Å². The molecular formula is C9H10BN. The molecular weight excluding hydrogens is 133 g/mol. The number of hydrogen-bond donors (Lipinski definition) is 0. The summed E-state index contributed by atoms with van der Waals surface area (Å²) in [5.74, 6) is 0. The van der Waals surface area contributed by atoms with E-state index >= 15 is 0 Å². The predicted octanol–water partition coefficient (Wildman–Crippen LogP) is 0.437. The highest BCUT2D eigenvalue weighted by molar-refractivity contribution is 6.33. The summed E-state index contributed by atoms with van der Waals surface area (Å²) < 4.78 is 2.14. The largest absolute Gasteiger partial charge is 0.351 e. The smallest absolute Gasteiger partial charge is 0.139 e. The van der Waals surface area contributed by atoms with Crippen molar-refractivity contribution in [2.75, 3.05) is 0 Å². The summed E-state index contributed by atoms with van der Waals surface area (Å²) in [6.07, 6.45) is 2.09. The van der Waals surface area contributed by atoms with Gasteiger partial charge >= 0.3 is 0 Å². The highest BCUT2D eigenvalue weighted by Gasteiger charge is 1.95. The van der Waals surface area contributed by atoms with E-state index in [1.165, 1.54) is 16.4 Å². The third kappa shape index (κ3) is 0.948. The Hall–Kier alpha value is -1.18. The van der Waals surface area contributed by atoms with E-state index in [0.29, 0.717) is 0 Å². The zero-order valence-corrected chi connectivity index (χ0v) is 6.83. The molecule has 2 aromatic rings. The van der Waals surface area contributed by atoms with Crippen molar-refractivity contribution in [2.24, 2.45) is 7.05 Å². The van der Waals surface area contributed by atoms with E-state index < -0.39 is 0 Å². The van der Waals surface area contributed by atoms with Gasteiger partial charge in [-0.25, -0.2) is 0 Å². The standard InChI is InChI=1S/C9H10BN/c1-11-5-4-7-2-3-8(10)6-9(7)11/h2-6H,10H2,1H3. The molecule has 0 bridgehead atoms. The molecule has 0 N–H and O–H groups in total. The van der Waals surface area contributed by atoms with Crippen LogP contribution in [0.3, 0.4) is 0 Å². The minimum Gasteiger partial charge on any atom is -0.351 e. The zero-order chi connectivity index (χ0) is 7.84. The van der Waals surface area contributed by atoms with Crippen LogP contribution in [-0.2, 0) is 7.05 Å². The highest BCUT2D eigenvalue weighted by Crippen LogP contribution is 2.11. The molecule has 54 valence electrons. The van der Waals surface area contributed by atoms with Gasteiger partial charge in [0, 0.05) is 18.8 Å². The summed E-state index contributed by atoms with van der Waals surface area (Å²) in [6.45, 7) is 0. The quantitative estimate of drug-likeness (QED) is 0.471. The van der Waals surface area contributed by atoms with Crippen molar-refractivity contribution in [1.82, 2.24) is 4.57 Å². The van der Waals surface area contributed by atoms with Gasteiger partial charge in [-0.3, -0.25) is 0 Å². The SMILES string of the molecule is Bc1ccc2ccn(C)c2c1. The molecule has 0 saturated heterocycles. The molecule has 0 atom stereocenters. The molecule has 1 aromatic heterocycles. The summed E-state index contributed by atoms with van der Waals surface area (Å²) in [4.78, 5) is 0. The highest BCUT2D eigenvalue weighted by atomic mass is 14.9. The molecule has 0 aliphatic heterocycles. The molecule has 1 nitrogen and oxygen atoms in total. The maximum Gasteiger partial charge on any atom is 0.139 e. The van der Waals surface area contributed by atoms with Gasteiger partial charge < -0.3 is 4.57 Å². The van der Waals surface area contributed by atoms with Gasteiger partial charge in [-0.15, -0.1) is 0 Å². The zero-order valence-electron chi connectivity index (χ0n) is 6.83. The fraction of sp³-hybridized carbons (Fsp3) is 0.111. The van der Waals surface area contributed by atoms with E-state index in [2.05, 4.69) is 49.9 Å². The molecule has 0 spiro atoms. The summed E-state index contributed by atoms with van der Waals surface area (Å²) in [7, 11) is 4.19. The maximum absolute atomic E-state index is 2.20. The van der Waals surface area contributed by atoms with Crippen LogP contribution in [0, 0.1) is 0 Å². The van der Waals surface area contributed by atoms with Gasteiger partial charge in [0.15, 0.2) is 0 Å². The van der Waals surface area contributed by atoms with Crippen molar-refractivity contribution >= 4 is 24.2 Å². The Labute approximate surface area is 67.0 Å². The average molecular weight is 143 g/mol. The molecule has 0 aliphatic rings. The molecule has 0 radical (unpaired) electrons. The van der Waals surface area contributed by atoms with Crippen molar-refractivity contribution in [2.45, 2.75) is 0 Å². The predicted molar refractivity (Wildman–Crippen MR) is 51.1 cm³/mol. The van der Waals surface area contributed by atoms with Gasteiger partial charge in [0.05, 0.1) is 0 Å². The number of rotatable bonds is 0. The Balaban J connectivity index is 2.87. The van der Waals surface area contributed by atoms with Crippen molar-refractivity contribution in [3.05, 3.63) is 30.5 Å². The van der Waals surface area contributed by atoms with Gasteiger partial charge in [-0.05, 0) is 17.5 Å². The number of benzene rings is 1. The first-order valence-corrected chi connectivity index (χ1v) is 3.79. The summed E-state index contributed by atoms with van der Waals surface area (Å²) >= 11 is 0. The lowest BCUT2D eigenvalue weighted by Gasteiger charge is -1.96. The van der Waals surface area contributed by atoms with E-state index in [0.717, 1.165) is 0 Å². The van der Waals surface area contributed by atoms with Crippen LogP contribution in [0.2, 0.25) is 0 Å². The monoisotopic (exact) mass is 143 g/mol. The normalized spacial score (nSPS) is 10.6. The van der Waals surface area contributed by atoms with Crippen LogP contribution >= 0.6 is 0 Å². The van der Waals surface area contributed by atoms with Crippen LogP contribution in [0.1, 0.15) is 0 Å². The Morgan fingerprint density at radius 1 is 1.27 bits per heavy atom. The van der Waals surface area contributed by atoms with Crippen molar-refractivity contribution in [3.63, 3.8) is 0 Å². The molecule has 1 aromatic carbocycles. The van der Waals surface area contributed by atoms with Crippen LogP contribution in [0.4, 0.5) is 0 Å². The molecule has 2 heteroatoms. The van der Waals surface area contributed by atoms with Crippen LogP contribution in [-0.4, -0.2) is 12.4 Å². The fourth-order valence-electron chi connectivity index (χ4n) is 1.37. The molecule has 2 rings (SSSR count). The van der Waals surface area contributed by atoms with Crippen LogP contribution in [0.15, 0.2) is 30.5 Å². The summed E-state index contributed by atoms with van der Waals surface area (Å²) in [5, 5.41) is 1.32. The lowest BCUT2D eigenvalue weighted by Crippen LogP contribution is -2.00. The second-order valence-corrected chi connectivity index (χ2v) is 2.99. The number of aromatic nitrogens is 1. The van der Waals surface area contributed by atoms with Crippen LogP contribution in [0.25, 0.3) is 10.9 Å². The maximum atomic E-state index is 2.20. The molecule has 0 fully saturated rings. The second kappa shape index (κ2) is 2.16. The van der Waals surface area contributed by atoms with Crippen molar-refractivity contribution in [1.29, 1.82) is 0 Å². The van der Waals surface area contributed by atoms with Gasteiger partial charge in [0.2, 0.25) is 0 Å². The summed E-state index contributed by atoms with van der Waals surface area (Å²) in [5.41, 5.74) is 2.63. The third-order valence-electron chi connectivity index (χ3n) is 2.04. The van der Waals surface area contributed by atoms with Crippen LogP contribution < -0.4 is 5.46 Å². The minimum atomic E-state index is 1.31. The second-order valence-electron chi connectivity index (χ2n) is 2.99. The van der Waals surface area contributed by atoms with Gasteiger partial charge in [-0.2, -0.15) is 0 Å². The first-order valence-electron chi connectivity index (χ1n) is 3.79. The van der Waals surface area contributed by atoms with Crippen molar-refractivity contribution < 1.29 is 0 Å². The van der Waals surface area contributed by atoms with E-state index in [1.807, 2.05) is 0 Å². The Morgan fingerprint density at radius 2 is 2.09 bits per heavy atom. The minimum absolute atomic E-state index is 1.31. The number of fused-ring (bicyclic) bond motifs is 1. The Morgan fingerprint density at radius 3 is 2.91 bits per heavy atom. The lowest BCUT2D eigenvalue weighted by molar-refractivity contribution is 0.970. The van der Waals surface area contributed by atoms with Gasteiger partial charge in [0.1, 0.15) is 7.85 Å². The molecule has 1 heterocycles. The fourth-order valence-corrected chi connectivity index (χ4v) is 1.37.